The second-order valence-electron chi connectivity index (χ2n) is 7.46. The fourth-order valence-corrected chi connectivity index (χ4v) is 3.27. The number of rotatable bonds is 7. The number of unbranched alkanes of at least 4 members (excludes halogenated alkanes) is 1. The Morgan fingerprint density at radius 3 is 2.31 bits per heavy atom. The molecule has 1 aromatic rings. The smallest absolute Gasteiger partial charge is 0.242 e. The van der Waals surface area contributed by atoms with Gasteiger partial charge in [-0.15, -0.1) is 0 Å². The lowest BCUT2D eigenvalue weighted by Gasteiger charge is -2.32. The maximum atomic E-state index is 12.4. The van der Waals surface area contributed by atoms with Gasteiger partial charge in [0.05, 0.1) is 0 Å². The van der Waals surface area contributed by atoms with Crippen LogP contribution in [0.25, 0.3) is 0 Å². The van der Waals surface area contributed by atoms with Gasteiger partial charge in [-0.25, -0.2) is 0 Å². The van der Waals surface area contributed by atoms with Gasteiger partial charge in [0.1, 0.15) is 6.54 Å². The van der Waals surface area contributed by atoms with E-state index in [1.165, 1.54) is 25.5 Å². The molecule has 0 saturated carbocycles. The van der Waals surface area contributed by atoms with Crippen LogP contribution >= 0.6 is 0 Å². The van der Waals surface area contributed by atoms with Crippen molar-refractivity contribution in [2.75, 3.05) is 43.0 Å². The summed E-state index contributed by atoms with van der Waals surface area (Å²) in [6.07, 6.45) is 4.47. The van der Waals surface area contributed by atoms with E-state index in [2.05, 4.69) is 30.9 Å². The maximum absolute atomic E-state index is 12.4. The first-order chi connectivity index (χ1) is 12.4. The zero-order chi connectivity index (χ0) is 19.1. The zero-order valence-electron chi connectivity index (χ0n) is 16.7. The van der Waals surface area contributed by atoms with Crippen LogP contribution in [0.4, 0.5) is 11.4 Å². The standard InChI is InChI=1S/C21H33N3O2/c1-5-6-13-22(4)21(26)16-24(18(3)25)20-9-7-19(8-10-20)23-14-11-17(2)12-15-23/h7-10,17H,5-6,11-16H2,1-4H3. The number of hydrogen-bond acceptors (Lipinski definition) is 3. The number of amides is 2. The SMILES string of the molecule is CCCCN(C)C(=O)CN(C(C)=O)c1ccc(N2CCC(C)CC2)cc1. The van der Waals surface area contributed by atoms with Gasteiger partial charge >= 0.3 is 0 Å². The summed E-state index contributed by atoms with van der Waals surface area (Å²) in [7, 11) is 1.80. The molecule has 0 bridgehead atoms. The molecule has 5 heteroatoms. The summed E-state index contributed by atoms with van der Waals surface area (Å²) in [6, 6.07) is 8.03. The van der Waals surface area contributed by atoms with Crippen molar-refractivity contribution in [3.05, 3.63) is 24.3 Å². The van der Waals surface area contributed by atoms with Crippen molar-refractivity contribution in [3.63, 3.8) is 0 Å². The molecule has 5 nitrogen and oxygen atoms in total. The van der Waals surface area contributed by atoms with Gasteiger partial charge < -0.3 is 14.7 Å². The van der Waals surface area contributed by atoms with Crippen molar-refractivity contribution < 1.29 is 9.59 Å². The number of likely N-dealkylation sites (N-methyl/N-ethyl adjacent to an activating group) is 1. The molecule has 0 aromatic heterocycles. The Labute approximate surface area is 158 Å². The van der Waals surface area contributed by atoms with E-state index >= 15 is 0 Å². The second kappa shape index (κ2) is 9.60. The van der Waals surface area contributed by atoms with E-state index in [-0.39, 0.29) is 18.4 Å². The van der Waals surface area contributed by atoms with Crippen LogP contribution in [0.15, 0.2) is 24.3 Å². The number of piperidine rings is 1. The Kier molecular flexibility index (Phi) is 7.49. The fraction of sp³-hybridized carbons (Fsp3) is 0.619. The van der Waals surface area contributed by atoms with Crippen molar-refractivity contribution in [2.45, 2.75) is 46.5 Å². The number of benzene rings is 1. The summed E-state index contributed by atoms with van der Waals surface area (Å²) in [6.45, 7) is 8.91. The Hall–Kier alpha value is -2.04. The third kappa shape index (κ3) is 5.48. The molecular weight excluding hydrogens is 326 g/mol. The molecule has 2 rings (SSSR count). The van der Waals surface area contributed by atoms with E-state index in [1.54, 1.807) is 16.8 Å². The molecule has 0 radical (unpaired) electrons. The van der Waals surface area contributed by atoms with Crippen LogP contribution in [0.1, 0.15) is 46.5 Å². The van der Waals surface area contributed by atoms with Gasteiger partial charge in [-0.05, 0) is 49.4 Å². The quantitative estimate of drug-likeness (QED) is 0.748. The number of carbonyl (C=O) groups excluding carboxylic acids is 2. The van der Waals surface area contributed by atoms with Crippen LogP contribution in [-0.2, 0) is 9.59 Å². The van der Waals surface area contributed by atoms with Crippen LogP contribution in [0.2, 0.25) is 0 Å². The Balaban J connectivity index is 2.03. The lowest BCUT2D eigenvalue weighted by molar-refractivity contribution is -0.130. The van der Waals surface area contributed by atoms with Gasteiger partial charge in [0.15, 0.2) is 0 Å². The van der Waals surface area contributed by atoms with Crippen molar-refractivity contribution in [2.24, 2.45) is 5.92 Å². The van der Waals surface area contributed by atoms with Crippen LogP contribution in [0.5, 0.6) is 0 Å². The molecule has 1 aliphatic rings. The molecule has 0 N–H and O–H groups in total. The van der Waals surface area contributed by atoms with Crippen LogP contribution in [-0.4, -0.2) is 49.9 Å². The van der Waals surface area contributed by atoms with E-state index in [0.717, 1.165) is 44.1 Å². The van der Waals surface area contributed by atoms with E-state index < -0.39 is 0 Å². The molecule has 144 valence electrons. The van der Waals surface area contributed by atoms with E-state index in [9.17, 15) is 9.59 Å². The first-order valence-corrected chi connectivity index (χ1v) is 9.79. The third-order valence-electron chi connectivity index (χ3n) is 5.26. The van der Waals surface area contributed by atoms with Crippen LogP contribution in [0.3, 0.4) is 0 Å². The molecule has 0 unspecified atom stereocenters. The first kappa shape index (κ1) is 20.3. The number of anilines is 2. The summed E-state index contributed by atoms with van der Waals surface area (Å²) >= 11 is 0. The third-order valence-corrected chi connectivity index (χ3v) is 5.26. The number of carbonyl (C=O) groups is 2. The van der Waals surface area contributed by atoms with Crippen LogP contribution in [0, 0.1) is 5.92 Å². The molecule has 1 saturated heterocycles. The highest BCUT2D eigenvalue weighted by Crippen LogP contribution is 2.25. The lowest BCUT2D eigenvalue weighted by Crippen LogP contribution is -2.41. The highest BCUT2D eigenvalue weighted by atomic mass is 16.2. The van der Waals surface area contributed by atoms with E-state index in [0.29, 0.717) is 0 Å². The minimum Gasteiger partial charge on any atom is -0.372 e. The highest BCUT2D eigenvalue weighted by Gasteiger charge is 2.20. The lowest BCUT2D eigenvalue weighted by atomic mass is 9.99. The minimum atomic E-state index is -0.109. The molecule has 26 heavy (non-hydrogen) atoms. The summed E-state index contributed by atoms with van der Waals surface area (Å²) in [5.41, 5.74) is 1.97. The largest absolute Gasteiger partial charge is 0.372 e. The van der Waals surface area contributed by atoms with Crippen molar-refractivity contribution >= 4 is 23.2 Å². The van der Waals surface area contributed by atoms with Crippen molar-refractivity contribution in [3.8, 4) is 0 Å². The topological polar surface area (TPSA) is 43.9 Å². The molecule has 0 atom stereocenters. The number of nitrogens with zero attached hydrogens (tertiary/aromatic N) is 3. The minimum absolute atomic E-state index is 0.0252. The molecule has 0 aliphatic carbocycles. The average Bonchev–Trinajstić information content (AvgIpc) is 2.64. The van der Waals surface area contributed by atoms with E-state index in [4.69, 9.17) is 0 Å². The predicted molar refractivity (Wildman–Crippen MR) is 108 cm³/mol. The molecule has 1 aliphatic heterocycles. The van der Waals surface area contributed by atoms with E-state index in [1.807, 2.05) is 12.1 Å². The summed E-state index contributed by atoms with van der Waals surface area (Å²) < 4.78 is 0. The normalized spacial score (nSPS) is 15.0. The molecule has 0 spiro atoms. The molecule has 1 heterocycles. The van der Waals surface area contributed by atoms with Crippen molar-refractivity contribution in [1.29, 1.82) is 0 Å². The van der Waals surface area contributed by atoms with Gasteiger partial charge in [-0.3, -0.25) is 9.59 Å². The monoisotopic (exact) mass is 359 g/mol. The van der Waals surface area contributed by atoms with Gasteiger partial charge in [-0.2, -0.15) is 0 Å². The van der Waals surface area contributed by atoms with Gasteiger partial charge in [-0.1, -0.05) is 20.3 Å². The second-order valence-corrected chi connectivity index (χ2v) is 7.46. The highest BCUT2D eigenvalue weighted by molar-refractivity contribution is 5.97. The van der Waals surface area contributed by atoms with Crippen LogP contribution < -0.4 is 9.80 Å². The van der Waals surface area contributed by atoms with Gasteiger partial charge in [0.25, 0.3) is 0 Å². The predicted octanol–water partition coefficient (Wildman–Crippen LogP) is 3.53. The summed E-state index contributed by atoms with van der Waals surface area (Å²) in [4.78, 5) is 30.2. The van der Waals surface area contributed by atoms with Crippen molar-refractivity contribution in [1.82, 2.24) is 4.90 Å². The van der Waals surface area contributed by atoms with Gasteiger partial charge in [0.2, 0.25) is 11.8 Å². The Bertz CT molecular complexity index is 592. The number of hydrogen-bond donors (Lipinski definition) is 0. The molecule has 1 aromatic carbocycles. The Morgan fingerprint density at radius 1 is 1.15 bits per heavy atom. The summed E-state index contributed by atoms with van der Waals surface area (Å²) in [5, 5.41) is 0. The fourth-order valence-electron chi connectivity index (χ4n) is 3.27. The molecular formula is C21H33N3O2. The van der Waals surface area contributed by atoms with Gasteiger partial charge in [0, 0.05) is 45.0 Å². The molecule has 2 amide bonds. The molecule has 1 fully saturated rings. The average molecular weight is 360 g/mol. The summed E-state index contributed by atoms with van der Waals surface area (Å²) in [5.74, 6) is 0.666. The Morgan fingerprint density at radius 2 is 1.77 bits per heavy atom. The first-order valence-electron chi connectivity index (χ1n) is 9.79. The zero-order valence-corrected chi connectivity index (χ0v) is 16.7. The maximum Gasteiger partial charge on any atom is 0.242 e.